The Hall–Kier alpha value is -1.16. The fraction of sp³-hybridized carbons (Fsp3) is 0.133. The molecule has 5 heteroatoms. The second-order valence-electron chi connectivity index (χ2n) is 4.08. The van der Waals surface area contributed by atoms with Crippen molar-refractivity contribution in [2.75, 3.05) is 11.1 Å². The van der Waals surface area contributed by atoms with Crippen molar-refractivity contribution in [3.63, 3.8) is 0 Å². The maximum atomic E-state index is 11.8. The van der Waals surface area contributed by atoms with Crippen LogP contribution in [0.4, 0.5) is 5.69 Å². The minimum Gasteiger partial charge on any atom is -0.325 e. The summed E-state index contributed by atoms with van der Waals surface area (Å²) in [7, 11) is 0. The number of hydrogen-bond acceptors (Lipinski definition) is 2. The Kier molecular flexibility index (Phi) is 5.77. The van der Waals surface area contributed by atoms with E-state index in [4.69, 9.17) is 23.2 Å². The van der Waals surface area contributed by atoms with Crippen molar-refractivity contribution in [3.05, 3.63) is 58.6 Å². The second-order valence-corrected chi connectivity index (χ2v) is 6.09. The number of thioether (sulfide) groups is 1. The lowest BCUT2D eigenvalue weighted by Crippen LogP contribution is -2.12. The second kappa shape index (κ2) is 7.58. The molecule has 0 fully saturated rings. The highest BCUT2D eigenvalue weighted by Crippen LogP contribution is 2.23. The molecule has 0 spiro atoms. The van der Waals surface area contributed by atoms with Gasteiger partial charge >= 0.3 is 0 Å². The van der Waals surface area contributed by atoms with Crippen molar-refractivity contribution in [2.24, 2.45) is 0 Å². The lowest BCUT2D eigenvalue weighted by Gasteiger charge is -2.06. The fourth-order valence-corrected chi connectivity index (χ4v) is 2.73. The van der Waals surface area contributed by atoms with Crippen molar-refractivity contribution in [3.8, 4) is 0 Å². The van der Waals surface area contributed by atoms with Gasteiger partial charge < -0.3 is 5.32 Å². The van der Waals surface area contributed by atoms with E-state index in [9.17, 15) is 4.79 Å². The van der Waals surface area contributed by atoms with Gasteiger partial charge in [0.25, 0.3) is 0 Å². The Labute approximate surface area is 132 Å². The molecular formula is C15H13Cl2NOS. The van der Waals surface area contributed by atoms with E-state index < -0.39 is 0 Å². The fourth-order valence-electron chi connectivity index (χ4n) is 1.57. The first-order chi connectivity index (χ1) is 9.65. The van der Waals surface area contributed by atoms with Crippen molar-refractivity contribution in [1.82, 2.24) is 0 Å². The van der Waals surface area contributed by atoms with Crippen molar-refractivity contribution >= 4 is 46.6 Å². The van der Waals surface area contributed by atoms with Crippen LogP contribution in [-0.2, 0) is 4.79 Å². The number of benzene rings is 2. The molecule has 0 bridgehead atoms. The Bertz CT molecular complexity index is 587. The van der Waals surface area contributed by atoms with Gasteiger partial charge in [0.1, 0.15) is 0 Å². The van der Waals surface area contributed by atoms with Crippen LogP contribution < -0.4 is 5.32 Å². The summed E-state index contributed by atoms with van der Waals surface area (Å²) in [5.41, 5.74) is 0.649. The molecule has 0 aliphatic carbocycles. The summed E-state index contributed by atoms with van der Waals surface area (Å²) in [4.78, 5) is 12.9. The summed E-state index contributed by atoms with van der Waals surface area (Å²) in [5, 5.41) is 4.06. The van der Waals surface area contributed by atoms with Crippen LogP contribution in [0.3, 0.4) is 0 Å². The smallest absolute Gasteiger partial charge is 0.225 e. The van der Waals surface area contributed by atoms with Gasteiger partial charge in [0.2, 0.25) is 5.91 Å². The number of hydrogen-bond donors (Lipinski definition) is 1. The first kappa shape index (κ1) is 15.2. The molecule has 2 rings (SSSR count). The van der Waals surface area contributed by atoms with E-state index in [2.05, 4.69) is 5.32 Å². The minimum absolute atomic E-state index is 0.0421. The number of anilines is 1. The quantitative estimate of drug-likeness (QED) is 0.773. The van der Waals surface area contributed by atoms with Gasteiger partial charge in [-0.15, -0.1) is 11.8 Å². The Morgan fingerprint density at radius 1 is 1.05 bits per heavy atom. The van der Waals surface area contributed by atoms with E-state index in [1.165, 1.54) is 0 Å². The third-order valence-corrected chi connectivity index (χ3v) is 4.15. The van der Waals surface area contributed by atoms with Crippen molar-refractivity contribution < 1.29 is 4.79 Å². The third kappa shape index (κ3) is 4.75. The molecule has 20 heavy (non-hydrogen) atoms. The summed E-state index contributed by atoms with van der Waals surface area (Å²) < 4.78 is 0. The van der Waals surface area contributed by atoms with Gasteiger partial charge in [-0.1, -0.05) is 35.3 Å². The van der Waals surface area contributed by atoms with E-state index >= 15 is 0 Å². The summed E-state index contributed by atoms with van der Waals surface area (Å²) in [5.74, 6) is 0.664. The molecule has 104 valence electrons. The largest absolute Gasteiger partial charge is 0.325 e. The number of amides is 1. The zero-order valence-electron chi connectivity index (χ0n) is 10.6. The monoisotopic (exact) mass is 325 g/mol. The first-order valence-electron chi connectivity index (χ1n) is 6.08. The molecule has 0 saturated carbocycles. The number of carbonyl (C=O) groups is 1. The molecule has 0 aliphatic rings. The third-order valence-electron chi connectivity index (χ3n) is 2.56. The summed E-state index contributed by atoms with van der Waals surface area (Å²) in [6.07, 6.45) is 0.429. The molecule has 0 unspecified atom stereocenters. The first-order valence-corrected chi connectivity index (χ1v) is 7.82. The zero-order chi connectivity index (χ0) is 14.4. The highest BCUT2D eigenvalue weighted by molar-refractivity contribution is 7.99. The molecule has 2 aromatic rings. The zero-order valence-corrected chi connectivity index (χ0v) is 12.9. The normalized spacial score (nSPS) is 10.3. The molecule has 0 saturated heterocycles. The average molecular weight is 326 g/mol. The van der Waals surface area contributed by atoms with Gasteiger partial charge in [-0.25, -0.2) is 0 Å². The van der Waals surface area contributed by atoms with Crippen molar-refractivity contribution in [2.45, 2.75) is 11.3 Å². The minimum atomic E-state index is -0.0421. The van der Waals surface area contributed by atoms with Crippen LogP contribution in [0.2, 0.25) is 10.0 Å². The van der Waals surface area contributed by atoms with Crippen LogP contribution in [0, 0.1) is 0 Å². The predicted octanol–water partition coefficient (Wildman–Crippen LogP) is 5.11. The molecule has 0 radical (unpaired) electrons. The lowest BCUT2D eigenvalue weighted by molar-refractivity contribution is -0.115. The van der Waals surface area contributed by atoms with E-state index in [-0.39, 0.29) is 5.91 Å². The standard InChI is InChI=1S/C15H13Cl2NOS/c16-11-5-7-12(8-6-11)20-10-9-15(19)18-14-4-2-1-3-13(14)17/h1-8H,9-10H2,(H,18,19). The maximum absolute atomic E-state index is 11.8. The highest BCUT2D eigenvalue weighted by Gasteiger charge is 2.05. The Morgan fingerprint density at radius 2 is 1.75 bits per heavy atom. The Morgan fingerprint density at radius 3 is 2.45 bits per heavy atom. The molecule has 0 heterocycles. The van der Waals surface area contributed by atoms with Gasteiger partial charge in [0.15, 0.2) is 0 Å². The van der Waals surface area contributed by atoms with Gasteiger partial charge in [-0.05, 0) is 36.4 Å². The van der Waals surface area contributed by atoms with Crippen LogP contribution in [0.15, 0.2) is 53.4 Å². The van der Waals surface area contributed by atoms with E-state index in [1.807, 2.05) is 36.4 Å². The molecule has 2 aromatic carbocycles. The van der Waals surface area contributed by atoms with E-state index in [1.54, 1.807) is 23.9 Å². The molecule has 1 amide bonds. The summed E-state index contributed by atoms with van der Waals surface area (Å²) in [6, 6.07) is 14.8. The number of halogens is 2. The highest BCUT2D eigenvalue weighted by atomic mass is 35.5. The lowest BCUT2D eigenvalue weighted by atomic mass is 10.3. The number of para-hydroxylation sites is 1. The molecule has 0 aromatic heterocycles. The average Bonchev–Trinajstić information content (AvgIpc) is 2.44. The van der Waals surface area contributed by atoms with Gasteiger partial charge in [-0.3, -0.25) is 4.79 Å². The number of nitrogens with one attached hydrogen (secondary N) is 1. The van der Waals surface area contributed by atoms with E-state index in [0.717, 1.165) is 4.90 Å². The van der Waals surface area contributed by atoms with E-state index in [0.29, 0.717) is 27.9 Å². The molecule has 1 N–H and O–H groups in total. The molecule has 2 nitrogen and oxygen atoms in total. The van der Waals surface area contributed by atoms with Crippen LogP contribution in [0.5, 0.6) is 0 Å². The van der Waals surface area contributed by atoms with Crippen LogP contribution in [0.1, 0.15) is 6.42 Å². The number of carbonyl (C=O) groups excluding carboxylic acids is 1. The SMILES string of the molecule is O=C(CCSc1ccc(Cl)cc1)Nc1ccccc1Cl. The molecular weight excluding hydrogens is 313 g/mol. The number of rotatable bonds is 5. The van der Waals surface area contributed by atoms with Gasteiger partial charge in [0.05, 0.1) is 10.7 Å². The van der Waals surface area contributed by atoms with Crippen LogP contribution >= 0.6 is 35.0 Å². The Balaban J connectivity index is 1.78. The van der Waals surface area contributed by atoms with Crippen LogP contribution in [-0.4, -0.2) is 11.7 Å². The molecule has 0 atom stereocenters. The van der Waals surface area contributed by atoms with Gasteiger partial charge in [-0.2, -0.15) is 0 Å². The van der Waals surface area contributed by atoms with Crippen LogP contribution in [0.25, 0.3) is 0 Å². The van der Waals surface area contributed by atoms with Gasteiger partial charge in [0, 0.05) is 22.1 Å². The molecule has 0 aliphatic heterocycles. The summed E-state index contributed by atoms with van der Waals surface area (Å²) in [6.45, 7) is 0. The van der Waals surface area contributed by atoms with Crippen molar-refractivity contribution in [1.29, 1.82) is 0 Å². The maximum Gasteiger partial charge on any atom is 0.225 e. The summed E-state index contributed by atoms with van der Waals surface area (Å²) >= 11 is 13.4. The topological polar surface area (TPSA) is 29.1 Å². The predicted molar refractivity (Wildman–Crippen MR) is 86.9 cm³/mol.